The first-order chi connectivity index (χ1) is 9.97. The Morgan fingerprint density at radius 2 is 2.00 bits per heavy atom. The number of nitrogens with zero attached hydrogens (tertiary/aromatic N) is 2. The Morgan fingerprint density at radius 1 is 1.24 bits per heavy atom. The predicted octanol–water partition coefficient (Wildman–Crippen LogP) is 1.88. The van der Waals surface area contributed by atoms with E-state index in [4.69, 9.17) is 16.7 Å². The Morgan fingerprint density at radius 3 is 2.67 bits per heavy atom. The monoisotopic (exact) mass is 310 g/mol. The Hall–Kier alpha value is -1.59. The van der Waals surface area contributed by atoms with Crippen LogP contribution in [0.2, 0.25) is 5.02 Å². The third kappa shape index (κ3) is 4.19. The van der Waals surface area contributed by atoms with E-state index in [1.54, 1.807) is 17.0 Å². The van der Waals surface area contributed by atoms with Gasteiger partial charge in [0.2, 0.25) is 0 Å². The lowest BCUT2D eigenvalue weighted by Crippen LogP contribution is -2.36. The topological polar surface area (TPSA) is 60.9 Å². The quantitative estimate of drug-likeness (QED) is 0.926. The number of carboxylic acids is 1. The molecule has 1 N–H and O–H groups in total. The van der Waals surface area contributed by atoms with Gasteiger partial charge in [0.25, 0.3) is 5.91 Å². The van der Waals surface area contributed by atoms with Crippen molar-refractivity contribution in [3.8, 4) is 0 Å². The van der Waals surface area contributed by atoms with Gasteiger partial charge in [-0.1, -0.05) is 17.7 Å². The average molecular weight is 311 g/mol. The third-order valence-electron chi connectivity index (χ3n) is 3.59. The first-order valence-electron chi connectivity index (χ1n) is 6.97. The summed E-state index contributed by atoms with van der Waals surface area (Å²) >= 11 is 6.15. The van der Waals surface area contributed by atoms with Crippen LogP contribution in [0.5, 0.6) is 0 Å². The van der Waals surface area contributed by atoms with Gasteiger partial charge < -0.3 is 10.0 Å². The summed E-state index contributed by atoms with van der Waals surface area (Å²) in [5, 5.41) is 9.30. The Bertz CT molecular complexity index is 548. The molecular weight excluding hydrogens is 292 g/mol. The van der Waals surface area contributed by atoms with Crippen molar-refractivity contribution < 1.29 is 14.7 Å². The highest BCUT2D eigenvalue weighted by molar-refractivity contribution is 6.33. The molecule has 1 aliphatic rings. The third-order valence-corrected chi connectivity index (χ3v) is 3.90. The van der Waals surface area contributed by atoms with Crippen molar-refractivity contribution in [1.82, 2.24) is 9.80 Å². The summed E-state index contributed by atoms with van der Waals surface area (Å²) < 4.78 is 0. The summed E-state index contributed by atoms with van der Waals surface area (Å²) in [4.78, 5) is 26.9. The first kappa shape index (κ1) is 15.8. The molecule has 0 saturated carbocycles. The van der Waals surface area contributed by atoms with Crippen LogP contribution in [0.15, 0.2) is 18.2 Å². The van der Waals surface area contributed by atoms with E-state index in [0.29, 0.717) is 36.8 Å². The number of aryl methyl sites for hydroxylation is 1. The lowest BCUT2D eigenvalue weighted by atomic mass is 10.1. The summed E-state index contributed by atoms with van der Waals surface area (Å²) in [7, 11) is 0. The van der Waals surface area contributed by atoms with E-state index in [2.05, 4.69) is 0 Å². The van der Waals surface area contributed by atoms with Crippen LogP contribution in [0.25, 0.3) is 0 Å². The molecule has 21 heavy (non-hydrogen) atoms. The van der Waals surface area contributed by atoms with E-state index >= 15 is 0 Å². The van der Waals surface area contributed by atoms with Crippen molar-refractivity contribution in [3.63, 3.8) is 0 Å². The van der Waals surface area contributed by atoms with E-state index in [-0.39, 0.29) is 12.5 Å². The molecule has 5 nitrogen and oxygen atoms in total. The molecule has 114 valence electrons. The number of hydrogen-bond donors (Lipinski definition) is 1. The summed E-state index contributed by atoms with van der Waals surface area (Å²) in [5.74, 6) is -0.923. The molecule has 2 rings (SSSR count). The van der Waals surface area contributed by atoms with Crippen LogP contribution in [-0.4, -0.2) is 59.5 Å². The molecular formula is C15H19ClN2O3. The highest BCUT2D eigenvalue weighted by atomic mass is 35.5. The van der Waals surface area contributed by atoms with Crippen molar-refractivity contribution in [2.45, 2.75) is 13.3 Å². The lowest BCUT2D eigenvalue weighted by Gasteiger charge is -2.21. The molecule has 0 aliphatic carbocycles. The van der Waals surface area contributed by atoms with Crippen LogP contribution in [0.3, 0.4) is 0 Å². The molecule has 6 heteroatoms. The number of amides is 1. The van der Waals surface area contributed by atoms with E-state index in [1.807, 2.05) is 17.9 Å². The van der Waals surface area contributed by atoms with Crippen LogP contribution in [0.4, 0.5) is 0 Å². The Kier molecular flexibility index (Phi) is 5.20. The number of benzene rings is 1. The van der Waals surface area contributed by atoms with Gasteiger partial charge in [-0.05, 0) is 31.0 Å². The molecule has 0 aromatic heterocycles. The van der Waals surface area contributed by atoms with Crippen molar-refractivity contribution >= 4 is 23.5 Å². The summed E-state index contributed by atoms with van der Waals surface area (Å²) in [6, 6.07) is 5.40. The van der Waals surface area contributed by atoms with Gasteiger partial charge in [0.05, 0.1) is 17.1 Å². The minimum Gasteiger partial charge on any atom is -0.480 e. The molecule has 1 aromatic rings. The fourth-order valence-corrected chi connectivity index (χ4v) is 2.80. The number of carbonyl (C=O) groups excluding carboxylic acids is 1. The highest BCUT2D eigenvalue weighted by Crippen LogP contribution is 2.20. The molecule has 0 unspecified atom stereocenters. The summed E-state index contributed by atoms with van der Waals surface area (Å²) in [6.07, 6.45) is 0.766. The maximum Gasteiger partial charge on any atom is 0.317 e. The Labute approximate surface area is 129 Å². The minimum absolute atomic E-state index is 0.0211. The first-order valence-corrected chi connectivity index (χ1v) is 7.35. The standard InChI is InChI=1S/C15H19ClN2O3/c1-11-3-4-12(13(16)9-11)15(21)18-6-2-5-17(7-8-18)10-14(19)20/h3-4,9H,2,5-8,10H2,1H3,(H,19,20). The number of carbonyl (C=O) groups is 2. The smallest absolute Gasteiger partial charge is 0.317 e. The number of hydrogen-bond acceptors (Lipinski definition) is 3. The van der Waals surface area contributed by atoms with Gasteiger partial charge in [-0.2, -0.15) is 0 Å². The van der Waals surface area contributed by atoms with Gasteiger partial charge in [-0.3, -0.25) is 14.5 Å². The van der Waals surface area contributed by atoms with Crippen molar-refractivity contribution in [3.05, 3.63) is 34.3 Å². The highest BCUT2D eigenvalue weighted by Gasteiger charge is 2.22. The number of carboxylic acid groups (broad SMARTS) is 1. The summed E-state index contributed by atoms with van der Waals surface area (Å²) in [6.45, 7) is 4.36. The molecule has 0 spiro atoms. The maximum absolute atomic E-state index is 12.5. The molecule has 0 atom stereocenters. The van der Waals surface area contributed by atoms with Gasteiger partial charge in [0.15, 0.2) is 0 Å². The SMILES string of the molecule is Cc1ccc(C(=O)N2CCCN(CC(=O)O)CC2)c(Cl)c1. The van der Waals surface area contributed by atoms with Crippen molar-refractivity contribution in [1.29, 1.82) is 0 Å². The number of aliphatic carboxylic acids is 1. The molecule has 1 fully saturated rings. The van der Waals surface area contributed by atoms with E-state index in [0.717, 1.165) is 12.0 Å². The van der Waals surface area contributed by atoms with Gasteiger partial charge >= 0.3 is 5.97 Å². The number of rotatable bonds is 3. The van der Waals surface area contributed by atoms with E-state index < -0.39 is 5.97 Å². The molecule has 1 aromatic carbocycles. The predicted molar refractivity (Wildman–Crippen MR) is 80.8 cm³/mol. The van der Waals surface area contributed by atoms with Crippen LogP contribution >= 0.6 is 11.6 Å². The zero-order valence-electron chi connectivity index (χ0n) is 12.0. The minimum atomic E-state index is -0.837. The van der Waals surface area contributed by atoms with Gasteiger partial charge in [0.1, 0.15) is 0 Å². The zero-order chi connectivity index (χ0) is 15.4. The van der Waals surface area contributed by atoms with E-state index in [9.17, 15) is 9.59 Å². The molecule has 1 saturated heterocycles. The molecule has 1 aliphatic heterocycles. The second-order valence-corrected chi connectivity index (χ2v) is 5.71. The average Bonchev–Trinajstić information content (AvgIpc) is 2.63. The van der Waals surface area contributed by atoms with E-state index in [1.165, 1.54) is 0 Å². The number of halogens is 1. The van der Waals surface area contributed by atoms with Crippen LogP contribution in [-0.2, 0) is 4.79 Å². The van der Waals surface area contributed by atoms with Gasteiger partial charge in [-0.25, -0.2) is 0 Å². The lowest BCUT2D eigenvalue weighted by molar-refractivity contribution is -0.138. The molecule has 1 heterocycles. The second kappa shape index (κ2) is 6.91. The van der Waals surface area contributed by atoms with Crippen molar-refractivity contribution in [2.75, 3.05) is 32.7 Å². The zero-order valence-corrected chi connectivity index (χ0v) is 12.8. The van der Waals surface area contributed by atoms with Crippen molar-refractivity contribution in [2.24, 2.45) is 0 Å². The Balaban J connectivity index is 2.04. The normalized spacial score (nSPS) is 16.6. The molecule has 1 amide bonds. The van der Waals surface area contributed by atoms with Crippen LogP contribution < -0.4 is 0 Å². The maximum atomic E-state index is 12.5. The molecule has 0 radical (unpaired) electrons. The van der Waals surface area contributed by atoms with Crippen LogP contribution in [0, 0.1) is 6.92 Å². The largest absolute Gasteiger partial charge is 0.480 e. The summed E-state index contributed by atoms with van der Waals surface area (Å²) in [5.41, 5.74) is 1.52. The second-order valence-electron chi connectivity index (χ2n) is 5.30. The van der Waals surface area contributed by atoms with Crippen LogP contribution in [0.1, 0.15) is 22.3 Å². The van der Waals surface area contributed by atoms with Gasteiger partial charge in [-0.15, -0.1) is 0 Å². The van der Waals surface area contributed by atoms with Gasteiger partial charge in [0, 0.05) is 26.2 Å². The fourth-order valence-electron chi connectivity index (χ4n) is 2.49. The molecule has 0 bridgehead atoms. The fraction of sp³-hybridized carbons (Fsp3) is 0.467.